The van der Waals surface area contributed by atoms with Crippen molar-refractivity contribution in [3.63, 3.8) is 0 Å². The molecule has 2 aliphatic heterocycles. The summed E-state index contributed by atoms with van der Waals surface area (Å²) in [7, 11) is 0. The van der Waals surface area contributed by atoms with Crippen LogP contribution in [0.15, 0.2) is 0 Å². The number of fused-ring (bicyclic) bond motifs is 1. The number of ketones is 1. The third-order valence-electron chi connectivity index (χ3n) is 4.59. The Morgan fingerprint density at radius 1 is 1.41 bits per heavy atom. The van der Waals surface area contributed by atoms with Gasteiger partial charge >= 0.3 is 0 Å². The third kappa shape index (κ3) is 2.89. The maximum absolute atomic E-state index is 12.0. The van der Waals surface area contributed by atoms with E-state index in [9.17, 15) is 4.79 Å². The van der Waals surface area contributed by atoms with Gasteiger partial charge in [0, 0.05) is 31.1 Å². The summed E-state index contributed by atoms with van der Waals surface area (Å²) in [5, 5.41) is 0. The monoisotopic (exact) mass is 238 g/mol. The highest BCUT2D eigenvalue weighted by Gasteiger charge is 2.35. The van der Waals surface area contributed by atoms with Crippen molar-refractivity contribution in [1.82, 2.24) is 9.80 Å². The molecule has 17 heavy (non-hydrogen) atoms. The van der Waals surface area contributed by atoms with E-state index in [0.29, 0.717) is 18.4 Å². The molecule has 0 aromatic heterocycles. The smallest absolute Gasteiger partial charge is 0.149 e. The van der Waals surface area contributed by atoms with Gasteiger partial charge < -0.3 is 0 Å². The van der Waals surface area contributed by atoms with E-state index in [-0.39, 0.29) is 5.92 Å². The Balaban J connectivity index is 1.90. The first-order valence-corrected chi connectivity index (χ1v) is 7.12. The fourth-order valence-electron chi connectivity index (χ4n) is 3.05. The van der Waals surface area contributed by atoms with E-state index in [4.69, 9.17) is 0 Å². The van der Waals surface area contributed by atoms with E-state index in [1.54, 1.807) is 0 Å². The van der Waals surface area contributed by atoms with Crippen LogP contribution in [-0.2, 0) is 4.79 Å². The Morgan fingerprint density at radius 3 is 2.88 bits per heavy atom. The minimum Gasteiger partial charge on any atom is -0.298 e. The van der Waals surface area contributed by atoms with Crippen LogP contribution in [0.4, 0.5) is 0 Å². The Bertz CT molecular complexity index is 279. The van der Waals surface area contributed by atoms with Crippen molar-refractivity contribution in [3.05, 3.63) is 0 Å². The molecule has 2 aliphatic rings. The van der Waals surface area contributed by atoms with E-state index in [2.05, 4.69) is 30.6 Å². The van der Waals surface area contributed by atoms with Crippen molar-refractivity contribution in [2.75, 3.05) is 26.2 Å². The molecule has 3 unspecified atom stereocenters. The van der Waals surface area contributed by atoms with Crippen molar-refractivity contribution in [2.24, 2.45) is 5.92 Å². The largest absolute Gasteiger partial charge is 0.298 e. The van der Waals surface area contributed by atoms with Crippen molar-refractivity contribution < 1.29 is 4.79 Å². The quantitative estimate of drug-likeness (QED) is 0.746. The first-order valence-electron chi connectivity index (χ1n) is 7.12. The molecule has 3 atom stereocenters. The molecule has 0 aromatic carbocycles. The lowest BCUT2D eigenvalue weighted by Gasteiger charge is -2.42. The number of hydrogen-bond acceptors (Lipinski definition) is 3. The lowest BCUT2D eigenvalue weighted by Crippen LogP contribution is -2.56. The zero-order chi connectivity index (χ0) is 12.4. The van der Waals surface area contributed by atoms with E-state index < -0.39 is 0 Å². The van der Waals surface area contributed by atoms with Crippen LogP contribution < -0.4 is 0 Å². The van der Waals surface area contributed by atoms with Crippen molar-refractivity contribution in [1.29, 1.82) is 0 Å². The van der Waals surface area contributed by atoms with Gasteiger partial charge in [0.15, 0.2) is 0 Å². The van der Waals surface area contributed by atoms with Crippen molar-refractivity contribution in [3.8, 4) is 0 Å². The Kier molecular flexibility index (Phi) is 4.21. The molecule has 0 radical (unpaired) electrons. The number of rotatable bonds is 4. The molecule has 2 heterocycles. The second-order valence-corrected chi connectivity index (χ2v) is 5.85. The molecule has 0 aromatic rings. The maximum Gasteiger partial charge on any atom is 0.149 e. The van der Waals surface area contributed by atoms with Crippen LogP contribution in [0.2, 0.25) is 0 Å². The normalized spacial score (nSPS) is 32.4. The van der Waals surface area contributed by atoms with Crippen LogP contribution in [0.1, 0.15) is 40.0 Å². The molecule has 3 heteroatoms. The van der Waals surface area contributed by atoms with Gasteiger partial charge in [-0.05, 0) is 32.7 Å². The van der Waals surface area contributed by atoms with E-state index in [1.807, 2.05) is 0 Å². The summed E-state index contributed by atoms with van der Waals surface area (Å²) >= 11 is 0. The number of Topliss-reactive ketones (excluding diaryl/α,β-unsaturated/α-hetero) is 1. The molecule has 0 aliphatic carbocycles. The van der Waals surface area contributed by atoms with Crippen LogP contribution in [0, 0.1) is 5.92 Å². The Labute approximate surface area is 105 Å². The van der Waals surface area contributed by atoms with E-state index >= 15 is 0 Å². The second-order valence-electron chi connectivity index (χ2n) is 5.85. The predicted octanol–water partition coefficient (Wildman–Crippen LogP) is 1.77. The van der Waals surface area contributed by atoms with Gasteiger partial charge in [-0.15, -0.1) is 0 Å². The first-order chi connectivity index (χ1) is 8.11. The summed E-state index contributed by atoms with van der Waals surface area (Å²) in [6.45, 7) is 10.6. The molecule has 0 saturated carbocycles. The zero-order valence-electron chi connectivity index (χ0n) is 11.5. The number of hydrogen-bond donors (Lipinski definition) is 0. The number of piperazine rings is 1. The highest BCUT2D eigenvalue weighted by Crippen LogP contribution is 2.24. The van der Waals surface area contributed by atoms with Gasteiger partial charge in [-0.3, -0.25) is 14.6 Å². The maximum atomic E-state index is 12.0. The average Bonchev–Trinajstić information content (AvgIpc) is 2.75. The molecule has 2 fully saturated rings. The lowest BCUT2D eigenvalue weighted by molar-refractivity contribution is -0.125. The average molecular weight is 238 g/mol. The number of carbonyl (C=O) groups is 1. The second kappa shape index (κ2) is 5.49. The van der Waals surface area contributed by atoms with Crippen LogP contribution >= 0.6 is 0 Å². The highest BCUT2D eigenvalue weighted by atomic mass is 16.1. The van der Waals surface area contributed by atoms with Gasteiger partial charge in [0.2, 0.25) is 0 Å². The Morgan fingerprint density at radius 2 is 2.18 bits per heavy atom. The van der Waals surface area contributed by atoms with Gasteiger partial charge in [-0.2, -0.15) is 0 Å². The minimum absolute atomic E-state index is 0.226. The van der Waals surface area contributed by atoms with Crippen molar-refractivity contribution >= 4 is 5.78 Å². The summed E-state index contributed by atoms with van der Waals surface area (Å²) in [5.74, 6) is 0.648. The fraction of sp³-hybridized carbons (Fsp3) is 0.929. The van der Waals surface area contributed by atoms with Gasteiger partial charge in [-0.25, -0.2) is 0 Å². The van der Waals surface area contributed by atoms with Crippen LogP contribution in [-0.4, -0.2) is 53.8 Å². The van der Waals surface area contributed by atoms with Crippen LogP contribution in [0.3, 0.4) is 0 Å². The van der Waals surface area contributed by atoms with Gasteiger partial charge in [0.05, 0.1) is 6.54 Å². The SMILES string of the molecule is CCC(C)C(=O)CN1CC2CCCN2CC1C. The standard InChI is InChI=1S/C14H26N2O/c1-4-11(2)14(17)10-16-9-13-6-5-7-15(13)8-12(16)3/h11-13H,4-10H2,1-3H3. The summed E-state index contributed by atoms with van der Waals surface area (Å²) < 4.78 is 0. The van der Waals surface area contributed by atoms with Crippen LogP contribution in [0.5, 0.6) is 0 Å². The summed E-state index contributed by atoms with van der Waals surface area (Å²) in [6.07, 6.45) is 3.63. The lowest BCUT2D eigenvalue weighted by atomic mass is 10.0. The van der Waals surface area contributed by atoms with Gasteiger partial charge in [-0.1, -0.05) is 13.8 Å². The van der Waals surface area contributed by atoms with Gasteiger partial charge in [0.1, 0.15) is 5.78 Å². The number of carbonyl (C=O) groups excluding carboxylic acids is 1. The number of nitrogens with zero attached hydrogens (tertiary/aromatic N) is 2. The molecular weight excluding hydrogens is 212 g/mol. The highest BCUT2D eigenvalue weighted by molar-refractivity contribution is 5.82. The van der Waals surface area contributed by atoms with E-state index in [1.165, 1.54) is 19.4 Å². The first kappa shape index (κ1) is 13.0. The summed E-state index contributed by atoms with van der Waals surface area (Å²) in [6, 6.07) is 1.26. The molecule has 3 nitrogen and oxygen atoms in total. The predicted molar refractivity (Wildman–Crippen MR) is 70.1 cm³/mol. The molecule has 0 bridgehead atoms. The molecular formula is C14H26N2O. The molecule has 0 amide bonds. The van der Waals surface area contributed by atoms with Crippen LogP contribution in [0.25, 0.3) is 0 Å². The van der Waals surface area contributed by atoms with E-state index in [0.717, 1.165) is 25.6 Å². The molecule has 0 spiro atoms. The fourth-order valence-corrected chi connectivity index (χ4v) is 3.05. The molecule has 98 valence electrons. The summed E-state index contributed by atoms with van der Waals surface area (Å²) in [4.78, 5) is 17.0. The Hall–Kier alpha value is -0.410. The van der Waals surface area contributed by atoms with Gasteiger partial charge in [0.25, 0.3) is 0 Å². The molecule has 0 N–H and O–H groups in total. The van der Waals surface area contributed by atoms with Crippen molar-refractivity contribution in [2.45, 2.75) is 52.1 Å². The summed E-state index contributed by atoms with van der Waals surface area (Å²) in [5.41, 5.74) is 0. The third-order valence-corrected chi connectivity index (χ3v) is 4.59. The minimum atomic E-state index is 0.226. The zero-order valence-corrected chi connectivity index (χ0v) is 11.5. The molecule has 2 rings (SSSR count). The molecule has 2 saturated heterocycles. The topological polar surface area (TPSA) is 23.6 Å².